The first kappa shape index (κ1) is 24.1. The van der Waals surface area contributed by atoms with E-state index in [1.165, 1.54) is 19.2 Å². The molecule has 2 aromatic carbocycles. The number of carbonyl (C=O) groups excluding carboxylic acids is 1. The number of hydrogen-bond donors (Lipinski definition) is 2. The average Bonchev–Trinajstić information content (AvgIpc) is 2.68. The summed E-state index contributed by atoms with van der Waals surface area (Å²) in [6.07, 6.45) is 0.823. The third-order valence-corrected chi connectivity index (χ3v) is 6.20. The Morgan fingerprint density at radius 1 is 1.17 bits per heavy atom. The molecule has 1 atom stereocenters. The van der Waals surface area contributed by atoms with Crippen molar-refractivity contribution in [2.75, 3.05) is 25.6 Å². The number of rotatable bonds is 11. The second-order valence-corrected chi connectivity index (χ2v) is 9.03. The highest BCUT2D eigenvalue weighted by atomic mass is 35.5. The average molecular weight is 455 g/mol. The highest BCUT2D eigenvalue weighted by Gasteiger charge is 2.17. The van der Waals surface area contributed by atoms with Crippen LogP contribution in [0.1, 0.15) is 25.3 Å². The third kappa shape index (κ3) is 7.60. The monoisotopic (exact) mass is 454 g/mol. The largest absolute Gasteiger partial charge is 0.494 e. The number of amides is 1. The van der Waals surface area contributed by atoms with E-state index in [9.17, 15) is 13.2 Å². The van der Waals surface area contributed by atoms with Crippen molar-refractivity contribution in [3.05, 3.63) is 53.1 Å². The molecule has 2 N–H and O–H groups in total. The van der Waals surface area contributed by atoms with Crippen LogP contribution in [-0.4, -0.2) is 40.7 Å². The third-order valence-electron chi connectivity index (χ3n) is 4.17. The zero-order chi connectivity index (χ0) is 22.1. The topological polar surface area (TPSA) is 93.7 Å². The smallest absolute Gasteiger partial charge is 0.240 e. The van der Waals surface area contributed by atoms with Crippen molar-refractivity contribution < 1.29 is 22.7 Å². The molecule has 164 valence electrons. The van der Waals surface area contributed by atoms with Crippen molar-refractivity contribution in [1.29, 1.82) is 0 Å². The van der Waals surface area contributed by atoms with E-state index in [0.717, 1.165) is 5.56 Å². The number of ether oxygens (including phenoxy) is 2. The second kappa shape index (κ2) is 11.3. The fraction of sp³-hybridized carbons (Fsp3) is 0.381. The summed E-state index contributed by atoms with van der Waals surface area (Å²) in [5.41, 5.74) is 1.46. The Balaban J connectivity index is 1.79. The van der Waals surface area contributed by atoms with Crippen LogP contribution >= 0.6 is 11.6 Å². The maximum absolute atomic E-state index is 12.3. The van der Waals surface area contributed by atoms with Crippen LogP contribution in [0.4, 0.5) is 5.69 Å². The Labute approximate surface area is 182 Å². The zero-order valence-electron chi connectivity index (χ0n) is 17.3. The molecule has 9 heteroatoms. The molecule has 7 nitrogen and oxygen atoms in total. The summed E-state index contributed by atoms with van der Waals surface area (Å²) < 4.78 is 37.7. The number of benzene rings is 2. The molecule has 1 amide bonds. The molecule has 0 radical (unpaired) electrons. The summed E-state index contributed by atoms with van der Waals surface area (Å²) in [7, 11) is -2.14. The Bertz CT molecular complexity index is 948. The highest BCUT2D eigenvalue weighted by molar-refractivity contribution is 7.89. The van der Waals surface area contributed by atoms with Gasteiger partial charge in [-0.3, -0.25) is 4.79 Å². The molecular weight excluding hydrogens is 428 g/mol. The standard InChI is InChI=1S/C21H27ClN2O5S/c1-15-13-18(8-11-20(15)22)29-12-4-5-21(25)23-17-6-9-19(10-7-17)30(26,27)24-16(2)14-28-3/h6-11,13,16,24H,4-5,12,14H2,1-3H3,(H,23,25). The van der Waals surface area contributed by atoms with Crippen LogP contribution in [0.25, 0.3) is 0 Å². The molecule has 0 bridgehead atoms. The molecule has 0 aliphatic rings. The summed E-state index contributed by atoms with van der Waals surface area (Å²) in [4.78, 5) is 12.2. The zero-order valence-corrected chi connectivity index (χ0v) is 18.8. The summed E-state index contributed by atoms with van der Waals surface area (Å²) in [6.45, 7) is 4.29. The lowest BCUT2D eigenvalue weighted by Crippen LogP contribution is -2.35. The fourth-order valence-electron chi connectivity index (χ4n) is 2.69. The predicted octanol–water partition coefficient (Wildman–Crippen LogP) is 3.76. The molecule has 30 heavy (non-hydrogen) atoms. The first-order chi connectivity index (χ1) is 14.2. The second-order valence-electron chi connectivity index (χ2n) is 6.91. The molecule has 0 heterocycles. The van der Waals surface area contributed by atoms with Gasteiger partial charge >= 0.3 is 0 Å². The minimum atomic E-state index is -3.64. The Hall–Kier alpha value is -2.13. The van der Waals surface area contributed by atoms with Crippen molar-refractivity contribution in [2.24, 2.45) is 0 Å². The molecular formula is C21H27ClN2O5S. The van der Waals surface area contributed by atoms with Gasteiger partial charge in [-0.2, -0.15) is 0 Å². The Kier molecular flexibility index (Phi) is 9.10. The van der Waals surface area contributed by atoms with E-state index in [4.69, 9.17) is 21.1 Å². The molecule has 0 saturated carbocycles. The summed E-state index contributed by atoms with van der Waals surface area (Å²) >= 11 is 5.98. The lowest BCUT2D eigenvalue weighted by atomic mass is 10.2. The maximum Gasteiger partial charge on any atom is 0.240 e. The van der Waals surface area contributed by atoms with Crippen LogP contribution in [0.15, 0.2) is 47.4 Å². The van der Waals surface area contributed by atoms with Gasteiger partial charge < -0.3 is 14.8 Å². The van der Waals surface area contributed by atoms with E-state index >= 15 is 0 Å². The van der Waals surface area contributed by atoms with Gasteiger partial charge in [-0.25, -0.2) is 13.1 Å². The van der Waals surface area contributed by atoms with E-state index in [1.807, 2.05) is 13.0 Å². The lowest BCUT2D eigenvalue weighted by Gasteiger charge is -2.13. The lowest BCUT2D eigenvalue weighted by molar-refractivity contribution is -0.116. The molecule has 1 unspecified atom stereocenters. The number of hydrogen-bond acceptors (Lipinski definition) is 5. The molecule has 0 spiro atoms. The fourth-order valence-corrected chi connectivity index (χ4v) is 4.03. The number of halogens is 1. The minimum Gasteiger partial charge on any atom is -0.494 e. The highest BCUT2D eigenvalue weighted by Crippen LogP contribution is 2.21. The van der Waals surface area contributed by atoms with Gasteiger partial charge in [0.05, 0.1) is 18.1 Å². The first-order valence-corrected chi connectivity index (χ1v) is 11.4. The normalized spacial score (nSPS) is 12.4. The van der Waals surface area contributed by atoms with Gasteiger partial charge in [0, 0.05) is 30.3 Å². The number of carbonyl (C=O) groups is 1. The quantitative estimate of drug-likeness (QED) is 0.504. The van der Waals surface area contributed by atoms with Gasteiger partial charge in [-0.05, 0) is 68.3 Å². The molecule has 0 saturated heterocycles. The number of nitrogens with one attached hydrogen (secondary N) is 2. The van der Waals surface area contributed by atoms with E-state index in [-0.39, 0.29) is 29.9 Å². The van der Waals surface area contributed by atoms with Crippen molar-refractivity contribution in [2.45, 2.75) is 37.6 Å². The van der Waals surface area contributed by atoms with Crippen LogP contribution in [0.5, 0.6) is 5.75 Å². The van der Waals surface area contributed by atoms with E-state index in [2.05, 4.69) is 10.0 Å². The van der Waals surface area contributed by atoms with E-state index < -0.39 is 10.0 Å². The van der Waals surface area contributed by atoms with Crippen molar-refractivity contribution in [3.8, 4) is 5.75 Å². The van der Waals surface area contributed by atoms with Crippen LogP contribution in [-0.2, 0) is 19.6 Å². The van der Waals surface area contributed by atoms with Crippen LogP contribution in [0.2, 0.25) is 5.02 Å². The first-order valence-electron chi connectivity index (χ1n) is 9.51. The molecule has 2 rings (SSSR count). The van der Waals surface area contributed by atoms with E-state index in [1.54, 1.807) is 31.2 Å². The summed E-state index contributed by atoms with van der Waals surface area (Å²) in [5.74, 6) is 0.538. The molecule has 0 aliphatic carbocycles. The Morgan fingerprint density at radius 3 is 2.50 bits per heavy atom. The van der Waals surface area contributed by atoms with Crippen LogP contribution in [0, 0.1) is 6.92 Å². The van der Waals surface area contributed by atoms with Crippen molar-refractivity contribution in [1.82, 2.24) is 4.72 Å². The molecule has 0 aliphatic heterocycles. The molecule has 0 fully saturated rings. The van der Waals surface area contributed by atoms with Gasteiger partial charge in [-0.1, -0.05) is 11.6 Å². The van der Waals surface area contributed by atoms with Crippen molar-refractivity contribution >= 4 is 33.2 Å². The maximum atomic E-state index is 12.3. The number of methoxy groups -OCH3 is 1. The van der Waals surface area contributed by atoms with Gasteiger partial charge in [0.25, 0.3) is 0 Å². The summed E-state index contributed by atoms with van der Waals surface area (Å²) in [5, 5.41) is 3.43. The SMILES string of the molecule is COCC(C)NS(=O)(=O)c1ccc(NC(=O)CCCOc2ccc(Cl)c(C)c2)cc1. The minimum absolute atomic E-state index is 0.120. The van der Waals surface area contributed by atoms with Gasteiger partial charge in [0.2, 0.25) is 15.9 Å². The van der Waals surface area contributed by atoms with Crippen LogP contribution in [0.3, 0.4) is 0 Å². The Morgan fingerprint density at radius 2 is 1.87 bits per heavy atom. The van der Waals surface area contributed by atoms with Gasteiger partial charge in [0.1, 0.15) is 5.75 Å². The number of aryl methyl sites for hydroxylation is 1. The van der Waals surface area contributed by atoms with Gasteiger partial charge in [-0.15, -0.1) is 0 Å². The summed E-state index contributed by atoms with van der Waals surface area (Å²) in [6, 6.07) is 11.1. The van der Waals surface area contributed by atoms with Crippen molar-refractivity contribution in [3.63, 3.8) is 0 Å². The number of sulfonamides is 1. The van der Waals surface area contributed by atoms with E-state index in [0.29, 0.717) is 29.5 Å². The molecule has 2 aromatic rings. The molecule has 0 aromatic heterocycles. The number of anilines is 1. The predicted molar refractivity (Wildman–Crippen MR) is 118 cm³/mol. The van der Waals surface area contributed by atoms with Crippen LogP contribution < -0.4 is 14.8 Å². The van der Waals surface area contributed by atoms with Gasteiger partial charge in [0.15, 0.2) is 0 Å².